The second-order valence-corrected chi connectivity index (χ2v) is 4.71. The summed E-state index contributed by atoms with van der Waals surface area (Å²) in [5.74, 6) is 0.213. The molecule has 0 spiro atoms. The van der Waals surface area contributed by atoms with E-state index in [1.165, 1.54) is 0 Å². The van der Waals surface area contributed by atoms with E-state index >= 15 is 0 Å². The molecule has 0 saturated heterocycles. The molecule has 2 aromatic rings. The quantitative estimate of drug-likeness (QED) is 0.817. The number of para-hydroxylation sites is 1. The van der Waals surface area contributed by atoms with Crippen LogP contribution in [0.5, 0.6) is 5.75 Å². The maximum Gasteiger partial charge on any atom is 0.387 e. The van der Waals surface area contributed by atoms with Gasteiger partial charge in [0.1, 0.15) is 5.75 Å². The Balaban J connectivity index is 2.37. The molecular formula is C17H19F2NO. The molecule has 2 nitrogen and oxygen atoms in total. The van der Waals surface area contributed by atoms with E-state index in [9.17, 15) is 8.78 Å². The van der Waals surface area contributed by atoms with Gasteiger partial charge in [-0.05, 0) is 24.6 Å². The summed E-state index contributed by atoms with van der Waals surface area (Å²) in [6.07, 6.45) is 0.960. The first kappa shape index (κ1) is 15.4. The number of rotatable bonds is 7. The third kappa shape index (κ3) is 4.26. The van der Waals surface area contributed by atoms with E-state index in [1.54, 1.807) is 12.1 Å². The highest BCUT2D eigenvalue weighted by atomic mass is 19.3. The normalized spacial score (nSPS) is 12.4. The van der Waals surface area contributed by atoms with Crippen LogP contribution in [-0.2, 0) is 0 Å². The minimum absolute atomic E-state index is 0.166. The highest BCUT2D eigenvalue weighted by molar-refractivity contribution is 5.41. The van der Waals surface area contributed by atoms with Gasteiger partial charge in [0.15, 0.2) is 0 Å². The number of nitrogens with one attached hydrogen (secondary N) is 1. The topological polar surface area (TPSA) is 21.3 Å². The Labute approximate surface area is 123 Å². The van der Waals surface area contributed by atoms with Crippen molar-refractivity contribution >= 4 is 0 Å². The molecule has 1 atom stereocenters. The highest BCUT2D eigenvalue weighted by Gasteiger charge is 2.19. The van der Waals surface area contributed by atoms with Gasteiger partial charge in [0, 0.05) is 5.56 Å². The van der Waals surface area contributed by atoms with Crippen LogP contribution >= 0.6 is 0 Å². The lowest BCUT2D eigenvalue weighted by molar-refractivity contribution is -0.0506. The predicted octanol–water partition coefficient (Wildman–Crippen LogP) is 4.38. The van der Waals surface area contributed by atoms with Gasteiger partial charge < -0.3 is 10.1 Å². The monoisotopic (exact) mass is 291 g/mol. The number of alkyl halides is 2. The van der Waals surface area contributed by atoms with Crippen molar-refractivity contribution in [1.82, 2.24) is 5.32 Å². The number of benzene rings is 2. The molecule has 0 amide bonds. The van der Waals surface area contributed by atoms with Crippen LogP contribution in [0.15, 0.2) is 54.6 Å². The average molecular weight is 291 g/mol. The molecule has 0 aliphatic carbocycles. The van der Waals surface area contributed by atoms with Crippen LogP contribution in [0.2, 0.25) is 0 Å². The van der Waals surface area contributed by atoms with Crippen LogP contribution in [0.25, 0.3) is 0 Å². The molecule has 0 aliphatic heterocycles. The molecule has 4 heteroatoms. The van der Waals surface area contributed by atoms with E-state index < -0.39 is 6.61 Å². The smallest absolute Gasteiger partial charge is 0.387 e. The van der Waals surface area contributed by atoms with E-state index in [1.807, 2.05) is 42.5 Å². The van der Waals surface area contributed by atoms with Gasteiger partial charge in [0.2, 0.25) is 0 Å². The highest BCUT2D eigenvalue weighted by Crippen LogP contribution is 2.30. The first-order valence-corrected chi connectivity index (χ1v) is 7.04. The Kier molecular flexibility index (Phi) is 5.69. The lowest BCUT2D eigenvalue weighted by Gasteiger charge is -2.22. The Bertz CT molecular complexity index is 545. The van der Waals surface area contributed by atoms with Crippen molar-refractivity contribution in [2.45, 2.75) is 26.0 Å². The zero-order chi connectivity index (χ0) is 15.1. The first-order valence-electron chi connectivity index (χ1n) is 7.04. The van der Waals surface area contributed by atoms with Crippen molar-refractivity contribution < 1.29 is 13.5 Å². The fraction of sp³-hybridized carbons (Fsp3) is 0.294. The van der Waals surface area contributed by atoms with Crippen molar-refractivity contribution in [3.05, 3.63) is 65.7 Å². The lowest BCUT2D eigenvalue weighted by Crippen LogP contribution is -2.24. The van der Waals surface area contributed by atoms with Gasteiger partial charge >= 0.3 is 6.61 Å². The molecule has 21 heavy (non-hydrogen) atoms. The third-order valence-corrected chi connectivity index (χ3v) is 3.18. The van der Waals surface area contributed by atoms with Gasteiger partial charge in [0.25, 0.3) is 0 Å². The van der Waals surface area contributed by atoms with Gasteiger partial charge in [0.05, 0.1) is 6.04 Å². The van der Waals surface area contributed by atoms with Crippen molar-refractivity contribution in [1.29, 1.82) is 0 Å². The molecule has 0 aliphatic rings. The fourth-order valence-electron chi connectivity index (χ4n) is 2.26. The number of ether oxygens (including phenoxy) is 1. The van der Waals surface area contributed by atoms with E-state index in [0.29, 0.717) is 0 Å². The summed E-state index contributed by atoms with van der Waals surface area (Å²) in [5, 5.41) is 3.39. The van der Waals surface area contributed by atoms with Crippen LogP contribution in [0, 0.1) is 0 Å². The Hall–Kier alpha value is -1.94. The second-order valence-electron chi connectivity index (χ2n) is 4.71. The molecule has 0 bridgehead atoms. The predicted molar refractivity (Wildman–Crippen MR) is 79.7 cm³/mol. The van der Waals surface area contributed by atoms with Crippen molar-refractivity contribution in [2.24, 2.45) is 0 Å². The molecule has 112 valence electrons. The van der Waals surface area contributed by atoms with E-state index in [-0.39, 0.29) is 11.8 Å². The molecule has 2 aromatic carbocycles. The van der Waals surface area contributed by atoms with Gasteiger partial charge in [-0.3, -0.25) is 0 Å². The van der Waals surface area contributed by atoms with Crippen molar-refractivity contribution in [2.75, 3.05) is 6.54 Å². The number of hydrogen-bond donors (Lipinski definition) is 1. The molecule has 0 aromatic heterocycles. The molecular weight excluding hydrogens is 272 g/mol. The minimum Gasteiger partial charge on any atom is -0.434 e. The molecule has 1 unspecified atom stereocenters. The zero-order valence-corrected chi connectivity index (χ0v) is 11.9. The molecule has 2 rings (SSSR count). The molecule has 0 radical (unpaired) electrons. The van der Waals surface area contributed by atoms with E-state index in [2.05, 4.69) is 17.0 Å². The SMILES string of the molecule is CCCNC(c1ccccc1)c1ccccc1OC(F)F. The molecule has 0 saturated carbocycles. The summed E-state index contributed by atoms with van der Waals surface area (Å²) >= 11 is 0. The molecule has 0 fully saturated rings. The van der Waals surface area contributed by atoms with Gasteiger partial charge in [-0.15, -0.1) is 0 Å². The summed E-state index contributed by atoms with van der Waals surface area (Å²) in [6, 6.07) is 16.5. The van der Waals surface area contributed by atoms with E-state index in [0.717, 1.165) is 24.1 Å². The Morgan fingerprint density at radius 1 is 1.00 bits per heavy atom. The second kappa shape index (κ2) is 7.74. The molecule has 0 heterocycles. The van der Waals surface area contributed by atoms with Crippen molar-refractivity contribution in [3.8, 4) is 5.75 Å². The largest absolute Gasteiger partial charge is 0.434 e. The summed E-state index contributed by atoms with van der Waals surface area (Å²) in [4.78, 5) is 0. The Morgan fingerprint density at radius 2 is 1.67 bits per heavy atom. The van der Waals surface area contributed by atoms with Crippen LogP contribution in [0.1, 0.15) is 30.5 Å². The maximum absolute atomic E-state index is 12.6. The van der Waals surface area contributed by atoms with Crippen LogP contribution in [0.4, 0.5) is 8.78 Å². The Morgan fingerprint density at radius 3 is 2.33 bits per heavy atom. The number of halogens is 2. The van der Waals surface area contributed by atoms with Crippen molar-refractivity contribution in [3.63, 3.8) is 0 Å². The van der Waals surface area contributed by atoms with Gasteiger partial charge in [-0.25, -0.2) is 0 Å². The minimum atomic E-state index is -2.83. The standard InChI is InChI=1S/C17H19F2NO/c1-2-12-20-16(13-8-4-3-5-9-13)14-10-6-7-11-15(14)21-17(18)19/h3-11,16-17,20H,2,12H2,1H3. The maximum atomic E-state index is 12.6. The summed E-state index contributed by atoms with van der Waals surface area (Å²) < 4.78 is 29.8. The van der Waals surface area contributed by atoms with Gasteiger partial charge in [-0.1, -0.05) is 55.5 Å². The van der Waals surface area contributed by atoms with E-state index in [4.69, 9.17) is 0 Å². The third-order valence-electron chi connectivity index (χ3n) is 3.18. The summed E-state index contributed by atoms with van der Waals surface area (Å²) in [7, 11) is 0. The van der Waals surface area contributed by atoms with Crippen LogP contribution in [0.3, 0.4) is 0 Å². The van der Waals surface area contributed by atoms with Crippen LogP contribution in [-0.4, -0.2) is 13.2 Å². The summed E-state index contributed by atoms with van der Waals surface area (Å²) in [5.41, 5.74) is 1.74. The van der Waals surface area contributed by atoms with Gasteiger partial charge in [-0.2, -0.15) is 8.78 Å². The molecule has 1 N–H and O–H groups in total. The average Bonchev–Trinajstić information content (AvgIpc) is 2.50. The fourth-order valence-corrected chi connectivity index (χ4v) is 2.26. The first-order chi connectivity index (χ1) is 10.2. The summed E-state index contributed by atoms with van der Waals surface area (Å²) in [6.45, 7) is 0.0351. The number of hydrogen-bond acceptors (Lipinski definition) is 2. The zero-order valence-electron chi connectivity index (χ0n) is 11.9. The lowest BCUT2D eigenvalue weighted by atomic mass is 9.97. The van der Waals surface area contributed by atoms with Crippen LogP contribution < -0.4 is 10.1 Å².